The van der Waals surface area contributed by atoms with E-state index in [1.54, 1.807) is 13.0 Å². The minimum Gasteiger partial charge on any atom is -0.545 e. The summed E-state index contributed by atoms with van der Waals surface area (Å²) in [6, 6.07) is 9.62. The van der Waals surface area contributed by atoms with Crippen LogP contribution in [0.25, 0.3) is 5.69 Å². The van der Waals surface area contributed by atoms with Gasteiger partial charge in [0.2, 0.25) is 0 Å². The molecule has 3 heteroatoms. The van der Waals surface area contributed by atoms with Crippen LogP contribution in [-0.4, -0.2) is 10.5 Å². The second-order valence-electron chi connectivity index (χ2n) is 4.24. The highest BCUT2D eigenvalue weighted by atomic mass is 16.4. The Hall–Kier alpha value is -2.03. The summed E-state index contributed by atoms with van der Waals surface area (Å²) >= 11 is 0. The molecule has 2 aromatic rings. The number of hydrogen-bond donors (Lipinski definition) is 0. The minimum atomic E-state index is -1.13. The van der Waals surface area contributed by atoms with Gasteiger partial charge in [-0.05, 0) is 39.0 Å². The molecular formula is C14H14NO2-. The molecule has 0 atom stereocenters. The standard InChI is InChI=1S/C14H15NO2/c1-9-4-6-12(7-5-9)15-10(2)8-13(11(15)3)14(16)17/h4-8H,1-3H3,(H,16,17)/p-1. The highest BCUT2D eigenvalue weighted by Crippen LogP contribution is 2.20. The van der Waals surface area contributed by atoms with Gasteiger partial charge in [0.1, 0.15) is 0 Å². The predicted molar refractivity (Wildman–Crippen MR) is 64.3 cm³/mol. The first-order valence-electron chi connectivity index (χ1n) is 5.48. The summed E-state index contributed by atoms with van der Waals surface area (Å²) in [4.78, 5) is 10.9. The molecule has 3 nitrogen and oxygen atoms in total. The summed E-state index contributed by atoms with van der Waals surface area (Å²) < 4.78 is 1.92. The Bertz CT molecular complexity index is 565. The molecule has 0 aliphatic heterocycles. The lowest BCUT2D eigenvalue weighted by molar-refractivity contribution is -0.255. The molecule has 1 aromatic carbocycles. The molecule has 0 fully saturated rings. The summed E-state index contributed by atoms with van der Waals surface area (Å²) in [5.41, 5.74) is 3.99. The van der Waals surface area contributed by atoms with Crippen LogP contribution in [0.2, 0.25) is 0 Å². The van der Waals surface area contributed by atoms with E-state index in [4.69, 9.17) is 0 Å². The van der Waals surface area contributed by atoms with E-state index < -0.39 is 5.97 Å². The minimum absolute atomic E-state index is 0.253. The van der Waals surface area contributed by atoms with Crippen molar-refractivity contribution >= 4 is 5.97 Å². The first-order chi connectivity index (χ1) is 8.00. The lowest BCUT2D eigenvalue weighted by Crippen LogP contribution is -2.22. The van der Waals surface area contributed by atoms with E-state index in [0.29, 0.717) is 5.69 Å². The van der Waals surface area contributed by atoms with Crippen molar-refractivity contribution in [3.8, 4) is 5.69 Å². The van der Waals surface area contributed by atoms with E-state index in [1.807, 2.05) is 42.7 Å². The number of nitrogens with zero attached hydrogens (tertiary/aromatic N) is 1. The number of aromatic carboxylic acids is 1. The van der Waals surface area contributed by atoms with Gasteiger partial charge in [-0.3, -0.25) is 0 Å². The molecule has 0 radical (unpaired) electrons. The Labute approximate surface area is 100 Å². The van der Waals surface area contributed by atoms with Crippen molar-refractivity contribution in [1.29, 1.82) is 0 Å². The number of aromatic nitrogens is 1. The topological polar surface area (TPSA) is 45.1 Å². The van der Waals surface area contributed by atoms with E-state index in [-0.39, 0.29) is 5.56 Å². The molecule has 2 rings (SSSR count). The molecule has 88 valence electrons. The largest absolute Gasteiger partial charge is 0.545 e. The third-order valence-electron chi connectivity index (χ3n) is 2.94. The van der Waals surface area contributed by atoms with Crippen molar-refractivity contribution in [3.05, 3.63) is 52.8 Å². The number of carbonyl (C=O) groups is 1. The third kappa shape index (κ3) is 1.96. The van der Waals surface area contributed by atoms with E-state index in [9.17, 15) is 9.90 Å². The van der Waals surface area contributed by atoms with Crippen molar-refractivity contribution in [2.24, 2.45) is 0 Å². The normalized spacial score (nSPS) is 10.5. The molecule has 1 heterocycles. The number of carbonyl (C=O) groups excluding carboxylic acids is 1. The summed E-state index contributed by atoms with van der Waals surface area (Å²) in [6.45, 7) is 5.70. The van der Waals surface area contributed by atoms with Crippen molar-refractivity contribution in [2.75, 3.05) is 0 Å². The molecule has 0 unspecified atom stereocenters. The Kier molecular flexibility index (Phi) is 2.76. The van der Waals surface area contributed by atoms with Gasteiger partial charge in [-0.1, -0.05) is 17.7 Å². The first-order valence-corrected chi connectivity index (χ1v) is 5.48. The number of benzene rings is 1. The number of carboxylic acids is 1. The Balaban J connectivity index is 2.59. The second-order valence-corrected chi connectivity index (χ2v) is 4.24. The number of rotatable bonds is 2. The highest BCUT2D eigenvalue weighted by molar-refractivity contribution is 5.87. The zero-order valence-electron chi connectivity index (χ0n) is 10.2. The van der Waals surface area contributed by atoms with Crippen molar-refractivity contribution in [2.45, 2.75) is 20.8 Å². The molecule has 0 N–H and O–H groups in total. The predicted octanol–water partition coefficient (Wildman–Crippen LogP) is 1.77. The lowest BCUT2D eigenvalue weighted by atomic mass is 10.2. The maximum Gasteiger partial charge on any atom is 0.0733 e. The number of carboxylic acid groups (broad SMARTS) is 1. The highest BCUT2D eigenvalue weighted by Gasteiger charge is 2.10. The molecule has 0 aliphatic rings. The molecular weight excluding hydrogens is 214 g/mol. The Morgan fingerprint density at radius 3 is 2.18 bits per heavy atom. The van der Waals surface area contributed by atoms with Gasteiger partial charge >= 0.3 is 0 Å². The first kappa shape index (κ1) is 11.5. The van der Waals surface area contributed by atoms with Gasteiger partial charge in [-0.25, -0.2) is 0 Å². The van der Waals surface area contributed by atoms with Crippen molar-refractivity contribution in [3.63, 3.8) is 0 Å². The summed E-state index contributed by atoms with van der Waals surface area (Å²) in [7, 11) is 0. The molecule has 17 heavy (non-hydrogen) atoms. The molecule has 0 amide bonds. The van der Waals surface area contributed by atoms with Crippen LogP contribution < -0.4 is 5.11 Å². The van der Waals surface area contributed by atoms with Crippen molar-refractivity contribution < 1.29 is 9.90 Å². The van der Waals surface area contributed by atoms with Gasteiger partial charge in [0.15, 0.2) is 0 Å². The van der Waals surface area contributed by atoms with Crippen LogP contribution in [0.5, 0.6) is 0 Å². The van der Waals surface area contributed by atoms with Crippen molar-refractivity contribution in [1.82, 2.24) is 4.57 Å². The smallest absolute Gasteiger partial charge is 0.0733 e. The molecule has 0 saturated carbocycles. The quantitative estimate of drug-likeness (QED) is 0.786. The zero-order chi connectivity index (χ0) is 12.6. The maximum absolute atomic E-state index is 10.9. The molecule has 0 spiro atoms. The van der Waals surface area contributed by atoms with Crippen LogP contribution in [0.4, 0.5) is 0 Å². The summed E-state index contributed by atoms with van der Waals surface area (Å²) in [6.07, 6.45) is 0. The average molecular weight is 228 g/mol. The molecule has 0 aliphatic carbocycles. The molecule has 1 aromatic heterocycles. The van der Waals surface area contributed by atoms with Gasteiger partial charge in [0.05, 0.1) is 5.97 Å². The van der Waals surface area contributed by atoms with Crippen LogP contribution >= 0.6 is 0 Å². The van der Waals surface area contributed by atoms with Gasteiger partial charge < -0.3 is 14.5 Å². The Morgan fingerprint density at radius 1 is 1.12 bits per heavy atom. The van der Waals surface area contributed by atoms with Crippen LogP contribution in [0, 0.1) is 20.8 Å². The van der Waals surface area contributed by atoms with Gasteiger partial charge in [-0.15, -0.1) is 0 Å². The van der Waals surface area contributed by atoms with E-state index in [2.05, 4.69) is 0 Å². The zero-order valence-corrected chi connectivity index (χ0v) is 10.2. The van der Waals surface area contributed by atoms with Crippen LogP contribution in [0.3, 0.4) is 0 Å². The lowest BCUT2D eigenvalue weighted by Gasteiger charge is -2.10. The van der Waals surface area contributed by atoms with E-state index >= 15 is 0 Å². The SMILES string of the molecule is Cc1ccc(-n2c(C)cc(C(=O)[O-])c2C)cc1. The fourth-order valence-electron chi connectivity index (χ4n) is 2.06. The van der Waals surface area contributed by atoms with E-state index in [0.717, 1.165) is 11.4 Å². The van der Waals surface area contributed by atoms with Gasteiger partial charge in [0, 0.05) is 22.6 Å². The molecule has 0 bridgehead atoms. The summed E-state index contributed by atoms with van der Waals surface area (Å²) in [5.74, 6) is -1.13. The molecule has 0 saturated heterocycles. The number of aryl methyl sites for hydroxylation is 2. The second kappa shape index (κ2) is 4.09. The average Bonchev–Trinajstić information content (AvgIpc) is 2.56. The fourth-order valence-corrected chi connectivity index (χ4v) is 2.06. The monoisotopic (exact) mass is 228 g/mol. The van der Waals surface area contributed by atoms with Crippen LogP contribution in [0.1, 0.15) is 27.3 Å². The summed E-state index contributed by atoms with van der Waals surface area (Å²) in [5, 5.41) is 10.9. The van der Waals surface area contributed by atoms with Crippen LogP contribution in [-0.2, 0) is 0 Å². The van der Waals surface area contributed by atoms with Gasteiger partial charge in [0.25, 0.3) is 0 Å². The Morgan fingerprint density at radius 2 is 1.71 bits per heavy atom. The van der Waals surface area contributed by atoms with Gasteiger partial charge in [-0.2, -0.15) is 0 Å². The van der Waals surface area contributed by atoms with E-state index in [1.165, 1.54) is 5.56 Å². The third-order valence-corrected chi connectivity index (χ3v) is 2.94. The van der Waals surface area contributed by atoms with Crippen LogP contribution in [0.15, 0.2) is 30.3 Å². The fraction of sp³-hybridized carbons (Fsp3) is 0.214. The number of hydrogen-bond acceptors (Lipinski definition) is 2. The maximum atomic E-state index is 10.9.